The van der Waals surface area contributed by atoms with Crippen molar-refractivity contribution in [2.24, 2.45) is 0 Å². The number of hydrogen-bond acceptors (Lipinski definition) is 6. The second-order valence-electron chi connectivity index (χ2n) is 5.29. The maximum Gasteiger partial charge on any atom is 0.238 e. The molecule has 0 aliphatic carbocycles. The average molecular weight is 320 g/mol. The highest BCUT2D eigenvalue weighted by Crippen LogP contribution is 2.25. The molecule has 0 amide bonds. The first kappa shape index (κ1) is 15.6. The number of nitrogens with zero attached hydrogens (tertiary/aromatic N) is 3. The largest absolute Gasteiger partial charge is 0.457 e. The number of benzene rings is 2. The third-order valence-corrected chi connectivity index (χ3v) is 3.35. The lowest BCUT2D eigenvalue weighted by molar-refractivity contribution is 0.451. The minimum Gasteiger partial charge on any atom is -0.457 e. The topological polar surface area (TPSA) is 84.0 Å². The Morgan fingerprint density at radius 2 is 1.92 bits per heavy atom. The van der Waals surface area contributed by atoms with Crippen molar-refractivity contribution in [3.63, 3.8) is 0 Å². The fourth-order valence-electron chi connectivity index (χ4n) is 2.18. The number of nitrogens with one attached hydrogen (secondary N) is 1. The van der Waals surface area contributed by atoms with E-state index in [1.165, 1.54) is 0 Å². The van der Waals surface area contributed by atoms with Gasteiger partial charge >= 0.3 is 0 Å². The van der Waals surface area contributed by atoms with Crippen LogP contribution in [-0.2, 0) is 0 Å². The highest BCUT2D eigenvalue weighted by Gasteiger charge is 2.12. The van der Waals surface area contributed by atoms with Gasteiger partial charge in [0.05, 0.1) is 11.6 Å². The number of nitriles is 1. The number of hydrogen-bond donors (Lipinski definition) is 1. The van der Waals surface area contributed by atoms with Gasteiger partial charge in [-0.05, 0) is 49.4 Å². The van der Waals surface area contributed by atoms with E-state index in [9.17, 15) is 0 Å². The molecule has 120 valence electrons. The van der Waals surface area contributed by atoms with Crippen LogP contribution < -0.4 is 10.1 Å². The molecule has 0 bridgehead atoms. The van der Waals surface area contributed by atoms with Gasteiger partial charge in [-0.3, -0.25) is 0 Å². The van der Waals surface area contributed by atoms with Crippen molar-refractivity contribution in [3.8, 4) is 17.6 Å². The predicted molar refractivity (Wildman–Crippen MR) is 88.7 cm³/mol. The van der Waals surface area contributed by atoms with Gasteiger partial charge in [-0.25, -0.2) is 0 Å². The Hall–Kier alpha value is -3.33. The van der Waals surface area contributed by atoms with Crippen LogP contribution >= 0.6 is 0 Å². The van der Waals surface area contributed by atoms with Gasteiger partial charge in [0.2, 0.25) is 11.8 Å². The van der Waals surface area contributed by atoms with E-state index in [0.29, 0.717) is 28.8 Å². The molecular formula is C18H16N4O2. The Kier molecular flexibility index (Phi) is 4.43. The van der Waals surface area contributed by atoms with Crippen LogP contribution in [-0.4, -0.2) is 10.2 Å². The molecule has 0 radical (unpaired) electrons. The van der Waals surface area contributed by atoms with E-state index in [1.807, 2.05) is 37.3 Å². The summed E-state index contributed by atoms with van der Waals surface area (Å²) >= 11 is 0. The lowest BCUT2D eigenvalue weighted by Gasteiger charge is -2.12. The number of rotatable bonds is 5. The van der Waals surface area contributed by atoms with Crippen LogP contribution in [0.3, 0.4) is 0 Å². The zero-order valence-corrected chi connectivity index (χ0v) is 13.4. The lowest BCUT2D eigenvalue weighted by atomic mass is 10.2. The molecule has 0 saturated carbocycles. The molecule has 3 rings (SSSR count). The molecule has 6 nitrogen and oxygen atoms in total. The molecule has 0 unspecified atom stereocenters. The second kappa shape index (κ2) is 6.84. The molecule has 1 N–H and O–H groups in total. The van der Waals surface area contributed by atoms with Crippen molar-refractivity contribution in [2.75, 3.05) is 5.32 Å². The smallest absolute Gasteiger partial charge is 0.238 e. The Labute approximate surface area is 139 Å². The number of anilines is 1. The molecule has 0 aliphatic heterocycles. The summed E-state index contributed by atoms with van der Waals surface area (Å²) in [6.07, 6.45) is 0. The normalized spacial score (nSPS) is 11.5. The van der Waals surface area contributed by atoms with Gasteiger partial charge in [0, 0.05) is 12.6 Å². The first-order valence-electron chi connectivity index (χ1n) is 7.48. The number of ether oxygens (including phenoxy) is 1. The Morgan fingerprint density at radius 1 is 1.12 bits per heavy atom. The summed E-state index contributed by atoms with van der Waals surface area (Å²) in [5, 5.41) is 20.0. The van der Waals surface area contributed by atoms with Crippen LogP contribution in [0.25, 0.3) is 0 Å². The summed E-state index contributed by atoms with van der Waals surface area (Å²) in [5.41, 5.74) is 1.48. The van der Waals surface area contributed by atoms with E-state index in [2.05, 4.69) is 21.6 Å². The Balaban J connectivity index is 1.66. The highest BCUT2D eigenvalue weighted by atomic mass is 16.5. The van der Waals surface area contributed by atoms with Gasteiger partial charge in [0.25, 0.3) is 0 Å². The van der Waals surface area contributed by atoms with Crippen molar-refractivity contribution in [1.82, 2.24) is 10.2 Å². The number of aryl methyl sites for hydroxylation is 1. The molecular weight excluding hydrogens is 304 g/mol. The molecule has 0 saturated heterocycles. The molecule has 2 aromatic carbocycles. The monoisotopic (exact) mass is 320 g/mol. The van der Waals surface area contributed by atoms with Crippen molar-refractivity contribution >= 4 is 5.69 Å². The Morgan fingerprint density at radius 3 is 2.58 bits per heavy atom. The second-order valence-corrected chi connectivity index (χ2v) is 5.29. The molecule has 1 aromatic heterocycles. The van der Waals surface area contributed by atoms with Crippen molar-refractivity contribution < 1.29 is 9.15 Å². The summed E-state index contributed by atoms with van der Waals surface area (Å²) in [5.74, 6) is 2.41. The maximum atomic E-state index is 8.91. The van der Waals surface area contributed by atoms with Crippen molar-refractivity contribution in [1.29, 1.82) is 5.26 Å². The standard InChI is InChI=1S/C18H16N4O2/c1-12(18-22-21-13(2)23-18)20-15-6-8-16(9-7-15)24-17-5-3-4-14(10-17)11-19/h3-10,12,20H,1-2H3/t12-/m1/s1. The predicted octanol–water partition coefficient (Wildman–Crippen LogP) is 4.22. The van der Waals surface area contributed by atoms with E-state index >= 15 is 0 Å². The fraction of sp³-hybridized carbons (Fsp3) is 0.167. The van der Waals surface area contributed by atoms with E-state index < -0.39 is 0 Å². The Bertz CT molecular complexity index is 865. The van der Waals surface area contributed by atoms with E-state index in [-0.39, 0.29) is 6.04 Å². The lowest BCUT2D eigenvalue weighted by Crippen LogP contribution is -2.06. The SMILES string of the molecule is Cc1nnc([C@@H](C)Nc2ccc(Oc3cccc(C#N)c3)cc2)o1. The summed E-state index contributed by atoms with van der Waals surface area (Å²) < 4.78 is 11.2. The molecule has 3 aromatic rings. The zero-order valence-electron chi connectivity index (χ0n) is 13.4. The van der Waals surface area contributed by atoms with Crippen LogP contribution in [0, 0.1) is 18.3 Å². The summed E-state index contributed by atoms with van der Waals surface area (Å²) in [7, 11) is 0. The first-order valence-corrected chi connectivity index (χ1v) is 7.48. The van der Waals surface area contributed by atoms with E-state index in [4.69, 9.17) is 14.4 Å². The van der Waals surface area contributed by atoms with Gasteiger partial charge in [-0.1, -0.05) is 6.07 Å². The van der Waals surface area contributed by atoms with Crippen LogP contribution in [0.15, 0.2) is 52.9 Å². The van der Waals surface area contributed by atoms with Gasteiger partial charge in [-0.2, -0.15) is 5.26 Å². The fourth-order valence-corrected chi connectivity index (χ4v) is 2.18. The molecule has 1 atom stereocenters. The van der Waals surface area contributed by atoms with Gasteiger partial charge in [-0.15, -0.1) is 10.2 Å². The van der Waals surface area contributed by atoms with E-state index in [1.54, 1.807) is 25.1 Å². The van der Waals surface area contributed by atoms with Crippen molar-refractivity contribution in [2.45, 2.75) is 19.9 Å². The molecule has 0 spiro atoms. The minimum absolute atomic E-state index is 0.0923. The summed E-state index contributed by atoms with van der Waals surface area (Å²) in [4.78, 5) is 0. The van der Waals surface area contributed by atoms with Crippen LogP contribution in [0.5, 0.6) is 11.5 Å². The third kappa shape index (κ3) is 3.70. The van der Waals surface area contributed by atoms with Crippen LogP contribution in [0.4, 0.5) is 5.69 Å². The van der Waals surface area contributed by atoms with Gasteiger partial charge in [0.15, 0.2) is 0 Å². The third-order valence-electron chi connectivity index (χ3n) is 3.35. The molecule has 6 heteroatoms. The minimum atomic E-state index is -0.0923. The molecule has 0 aliphatic rings. The maximum absolute atomic E-state index is 8.91. The van der Waals surface area contributed by atoms with Crippen molar-refractivity contribution in [3.05, 3.63) is 65.9 Å². The first-order chi connectivity index (χ1) is 11.6. The number of aromatic nitrogens is 2. The zero-order chi connectivity index (χ0) is 16.9. The molecule has 0 fully saturated rings. The summed E-state index contributed by atoms with van der Waals surface area (Å²) in [6, 6.07) is 16.6. The molecule has 24 heavy (non-hydrogen) atoms. The average Bonchev–Trinajstić information content (AvgIpc) is 3.03. The van der Waals surface area contributed by atoms with Gasteiger partial charge < -0.3 is 14.5 Å². The van der Waals surface area contributed by atoms with Gasteiger partial charge in [0.1, 0.15) is 17.5 Å². The van der Waals surface area contributed by atoms with Crippen LogP contribution in [0.1, 0.15) is 30.3 Å². The summed E-state index contributed by atoms with van der Waals surface area (Å²) in [6.45, 7) is 3.71. The highest BCUT2D eigenvalue weighted by molar-refractivity contribution is 5.48. The molecule has 1 heterocycles. The van der Waals surface area contributed by atoms with Crippen LogP contribution in [0.2, 0.25) is 0 Å². The van der Waals surface area contributed by atoms with E-state index in [0.717, 1.165) is 5.69 Å². The quantitative estimate of drug-likeness (QED) is 0.758.